The van der Waals surface area contributed by atoms with Gasteiger partial charge in [-0.15, -0.1) is 11.3 Å². The maximum Gasteiger partial charge on any atom is 0.265 e. The first kappa shape index (κ1) is 10.2. The van der Waals surface area contributed by atoms with Crippen LogP contribution in [-0.4, -0.2) is 41.5 Å². The highest BCUT2D eigenvalue weighted by atomic mass is 32.1. The summed E-state index contributed by atoms with van der Waals surface area (Å²) in [4.78, 5) is 18.8. The van der Waals surface area contributed by atoms with Crippen LogP contribution in [-0.2, 0) is 0 Å². The number of rotatable bonds is 1. The largest absolute Gasteiger partial charge is 0.336 e. The Morgan fingerprint density at radius 3 is 3.25 bits per heavy atom. The summed E-state index contributed by atoms with van der Waals surface area (Å²) in [6, 6.07) is 0.519. The summed E-state index contributed by atoms with van der Waals surface area (Å²) in [5.41, 5.74) is 1.72. The van der Waals surface area contributed by atoms with E-state index in [-0.39, 0.29) is 5.91 Å². The van der Waals surface area contributed by atoms with Gasteiger partial charge in [0.15, 0.2) is 0 Å². The summed E-state index contributed by atoms with van der Waals surface area (Å²) < 4.78 is 0. The van der Waals surface area contributed by atoms with Gasteiger partial charge in [0.25, 0.3) is 5.91 Å². The van der Waals surface area contributed by atoms with Crippen molar-refractivity contribution < 1.29 is 4.79 Å². The van der Waals surface area contributed by atoms with Crippen molar-refractivity contribution in [2.45, 2.75) is 18.9 Å². The van der Waals surface area contributed by atoms with Crippen molar-refractivity contribution in [1.29, 1.82) is 0 Å². The van der Waals surface area contributed by atoms with Crippen LogP contribution < -0.4 is 5.32 Å². The number of likely N-dealkylation sites (tertiary alicyclic amines) is 1. The van der Waals surface area contributed by atoms with E-state index in [2.05, 4.69) is 10.3 Å². The molecule has 0 bridgehead atoms. The third kappa shape index (κ3) is 1.74. The first-order valence-corrected chi connectivity index (χ1v) is 6.64. The van der Waals surface area contributed by atoms with E-state index in [0.717, 1.165) is 24.5 Å². The van der Waals surface area contributed by atoms with Crippen LogP contribution in [0.5, 0.6) is 0 Å². The second-order valence-electron chi connectivity index (χ2n) is 4.54. The molecule has 2 aliphatic heterocycles. The lowest BCUT2D eigenvalue weighted by Crippen LogP contribution is -2.41. The van der Waals surface area contributed by atoms with Gasteiger partial charge in [-0.2, -0.15) is 0 Å². The van der Waals surface area contributed by atoms with Crippen molar-refractivity contribution in [2.24, 2.45) is 5.92 Å². The molecule has 3 rings (SSSR count). The zero-order valence-electron chi connectivity index (χ0n) is 9.06. The predicted molar refractivity (Wildman–Crippen MR) is 62.5 cm³/mol. The molecule has 1 amide bonds. The van der Waals surface area contributed by atoms with Crippen LogP contribution in [0.15, 0.2) is 11.7 Å². The van der Waals surface area contributed by atoms with E-state index < -0.39 is 0 Å². The van der Waals surface area contributed by atoms with Crippen LogP contribution in [0.1, 0.15) is 22.5 Å². The fourth-order valence-corrected chi connectivity index (χ4v) is 3.28. The molecule has 0 aliphatic carbocycles. The minimum atomic E-state index is 0.152. The molecule has 2 fully saturated rings. The highest BCUT2D eigenvalue weighted by molar-refractivity contribution is 7.11. The minimum absolute atomic E-state index is 0.152. The number of thiazole rings is 1. The van der Waals surface area contributed by atoms with Crippen LogP contribution in [0, 0.1) is 5.92 Å². The second kappa shape index (κ2) is 4.14. The highest BCUT2D eigenvalue weighted by Gasteiger charge is 2.36. The molecule has 2 unspecified atom stereocenters. The van der Waals surface area contributed by atoms with Gasteiger partial charge in [0.1, 0.15) is 4.88 Å². The van der Waals surface area contributed by atoms with Crippen LogP contribution in [0.2, 0.25) is 0 Å². The topological polar surface area (TPSA) is 45.2 Å². The van der Waals surface area contributed by atoms with E-state index in [0.29, 0.717) is 12.0 Å². The highest BCUT2D eigenvalue weighted by Crippen LogP contribution is 2.26. The lowest BCUT2D eigenvalue weighted by Gasteiger charge is -2.24. The Bertz CT molecular complexity index is 365. The van der Waals surface area contributed by atoms with Crippen molar-refractivity contribution in [3.05, 3.63) is 16.6 Å². The van der Waals surface area contributed by atoms with Gasteiger partial charge >= 0.3 is 0 Å². The molecule has 86 valence electrons. The third-order valence-electron chi connectivity index (χ3n) is 3.53. The number of hydrogen-bond donors (Lipinski definition) is 1. The molecule has 16 heavy (non-hydrogen) atoms. The molecule has 5 heteroatoms. The molecule has 1 aromatic rings. The molecular formula is C11H15N3OS. The van der Waals surface area contributed by atoms with Gasteiger partial charge in [0, 0.05) is 19.1 Å². The van der Waals surface area contributed by atoms with E-state index >= 15 is 0 Å². The van der Waals surface area contributed by atoms with E-state index in [1.54, 1.807) is 11.7 Å². The van der Waals surface area contributed by atoms with Gasteiger partial charge in [-0.05, 0) is 25.3 Å². The summed E-state index contributed by atoms with van der Waals surface area (Å²) in [7, 11) is 0. The van der Waals surface area contributed by atoms with Gasteiger partial charge in [0.05, 0.1) is 11.7 Å². The SMILES string of the molecule is O=C(c1cncs1)N1CC2CCCNC2C1. The fraction of sp³-hybridized carbons (Fsp3) is 0.636. The van der Waals surface area contributed by atoms with Gasteiger partial charge in [-0.25, -0.2) is 0 Å². The molecule has 1 aromatic heterocycles. The van der Waals surface area contributed by atoms with Crippen LogP contribution in [0.4, 0.5) is 0 Å². The third-order valence-corrected chi connectivity index (χ3v) is 4.29. The standard InChI is InChI=1S/C11H15N3OS/c15-11(10-4-12-7-16-10)14-5-8-2-1-3-13-9(8)6-14/h4,7-9,13H,1-3,5-6H2. The molecule has 0 spiro atoms. The average Bonchev–Trinajstić information content (AvgIpc) is 2.97. The van der Waals surface area contributed by atoms with Crippen LogP contribution in [0.25, 0.3) is 0 Å². The van der Waals surface area contributed by atoms with Crippen molar-refractivity contribution >= 4 is 17.2 Å². The fourth-order valence-electron chi connectivity index (χ4n) is 2.69. The lowest BCUT2D eigenvalue weighted by molar-refractivity contribution is 0.0790. The van der Waals surface area contributed by atoms with Crippen molar-refractivity contribution in [3.8, 4) is 0 Å². The number of carbonyl (C=O) groups is 1. The second-order valence-corrected chi connectivity index (χ2v) is 5.43. The normalized spacial score (nSPS) is 29.1. The number of nitrogens with zero attached hydrogens (tertiary/aromatic N) is 2. The van der Waals surface area contributed by atoms with Gasteiger partial charge in [-0.3, -0.25) is 9.78 Å². The Labute approximate surface area is 98.7 Å². The summed E-state index contributed by atoms with van der Waals surface area (Å²) >= 11 is 1.43. The molecular weight excluding hydrogens is 222 g/mol. The van der Waals surface area contributed by atoms with Crippen LogP contribution >= 0.6 is 11.3 Å². The predicted octanol–water partition coefficient (Wildman–Crippen LogP) is 0.967. The number of hydrogen-bond acceptors (Lipinski definition) is 4. The Morgan fingerprint density at radius 1 is 1.56 bits per heavy atom. The number of aromatic nitrogens is 1. The maximum absolute atomic E-state index is 12.1. The van der Waals surface area contributed by atoms with Gasteiger partial charge in [-0.1, -0.05) is 0 Å². The molecule has 2 saturated heterocycles. The molecule has 4 nitrogen and oxygen atoms in total. The first-order chi connectivity index (χ1) is 7.84. The van der Waals surface area contributed by atoms with E-state index in [1.807, 2.05) is 4.90 Å². The Morgan fingerprint density at radius 2 is 2.50 bits per heavy atom. The summed E-state index contributed by atoms with van der Waals surface area (Å²) in [5, 5.41) is 3.51. The van der Waals surface area contributed by atoms with Gasteiger partial charge < -0.3 is 10.2 Å². The first-order valence-electron chi connectivity index (χ1n) is 5.76. The summed E-state index contributed by atoms with van der Waals surface area (Å²) in [5.74, 6) is 0.810. The zero-order chi connectivity index (χ0) is 11.0. The lowest BCUT2D eigenvalue weighted by atomic mass is 9.94. The molecule has 0 aromatic carbocycles. The van der Waals surface area contributed by atoms with Crippen LogP contribution in [0.3, 0.4) is 0 Å². The smallest absolute Gasteiger partial charge is 0.265 e. The minimum Gasteiger partial charge on any atom is -0.336 e. The molecule has 2 aliphatic rings. The van der Waals surface area contributed by atoms with Crippen molar-refractivity contribution in [2.75, 3.05) is 19.6 Å². The monoisotopic (exact) mass is 237 g/mol. The summed E-state index contributed by atoms with van der Waals surface area (Å²) in [6.07, 6.45) is 4.16. The van der Waals surface area contributed by atoms with Crippen molar-refractivity contribution in [1.82, 2.24) is 15.2 Å². The number of piperidine rings is 1. The van der Waals surface area contributed by atoms with E-state index in [1.165, 1.54) is 24.2 Å². The maximum atomic E-state index is 12.1. The molecule has 3 heterocycles. The zero-order valence-corrected chi connectivity index (χ0v) is 9.87. The molecule has 0 saturated carbocycles. The van der Waals surface area contributed by atoms with E-state index in [4.69, 9.17) is 0 Å². The van der Waals surface area contributed by atoms with E-state index in [9.17, 15) is 4.79 Å². The number of carbonyl (C=O) groups excluding carboxylic acids is 1. The number of nitrogens with one attached hydrogen (secondary N) is 1. The molecule has 1 N–H and O–H groups in total. The molecule has 0 radical (unpaired) electrons. The number of amides is 1. The molecule has 2 atom stereocenters. The average molecular weight is 237 g/mol. The summed E-state index contributed by atoms with van der Waals surface area (Å²) in [6.45, 7) is 2.87. The Hall–Kier alpha value is -0.940. The Balaban J connectivity index is 1.71. The quantitative estimate of drug-likeness (QED) is 0.791. The Kier molecular flexibility index (Phi) is 2.65. The number of fused-ring (bicyclic) bond motifs is 1. The van der Waals surface area contributed by atoms with Gasteiger partial charge in [0.2, 0.25) is 0 Å². The van der Waals surface area contributed by atoms with Crippen molar-refractivity contribution in [3.63, 3.8) is 0 Å².